The Kier molecular flexibility index (Phi) is 7.22. The van der Waals surface area contributed by atoms with Crippen molar-refractivity contribution >= 4 is 29.7 Å². The van der Waals surface area contributed by atoms with Crippen LogP contribution in [-0.4, -0.2) is 56.1 Å². The zero-order chi connectivity index (χ0) is 20.3. The van der Waals surface area contributed by atoms with E-state index >= 15 is 0 Å². The first-order valence-corrected chi connectivity index (χ1v) is 8.64. The molecule has 1 saturated heterocycles. The van der Waals surface area contributed by atoms with Crippen LogP contribution >= 0.6 is 12.4 Å². The molecule has 0 bridgehead atoms. The summed E-state index contributed by atoms with van der Waals surface area (Å²) >= 11 is 0. The van der Waals surface area contributed by atoms with Crippen LogP contribution < -0.4 is 14.4 Å². The summed E-state index contributed by atoms with van der Waals surface area (Å²) in [6.45, 7) is 1.86. The third-order valence-electron chi connectivity index (χ3n) is 4.69. The number of nitrogens with zero attached hydrogens (tertiary/aromatic N) is 3. The molecule has 0 unspecified atom stereocenters. The van der Waals surface area contributed by atoms with Gasteiger partial charge in [0.1, 0.15) is 11.4 Å². The Bertz CT molecular complexity index is 886. The minimum Gasteiger partial charge on any atom is -0.493 e. The second-order valence-electron chi connectivity index (χ2n) is 6.24. The maximum Gasteiger partial charge on any atom is 0.286 e. The Balaban J connectivity index is 0.00000300. The molecular formula is C19H21ClFN3O5. The lowest BCUT2D eigenvalue weighted by Crippen LogP contribution is -2.48. The van der Waals surface area contributed by atoms with Gasteiger partial charge in [0.15, 0.2) is 11.5 Å². The topological polar surface area (TPSA) is 85.2 Å². The maximum atomic E-state index is 13.1. The highest BCUT2D eigenvalue weighted by molar-refractivity contribution is 5.99. The number of carbonyl (C=O) groups excluding carboxylic acids is 1. The molecule has 1 fully saturated rings. The number of amides is 1. The predicted molar refractivity (Wildman–Crippen MR) is 108 cm³/mol. The third-order valence-corrected chi connectivity index (χ3v) is 4.69. The van der Waals surface area contributed by atoms with Gasteiger partial charge in [0.25, 0.3) is 11.6 Å². The van der Waals surface area contributed by atoms with E-state index in [1.807, 2.05) is 4.90 Å². The highest BCUT2D eigenvalue weighted by atomic mass is 35.5. The molecule has 0 atom stereocenters. The van der Waals surface area contributed by atoms with Gasteiger partial charge in [0, 0.05) is 37.9 Å². The Morgan fingerprint density at radius 2 is 1.59 bits per heavy atom. The van der Waals surface area contributed by atoms with Crippen molar-refractivity contribution in [2.45, 2.75) is 0 Å². The quantitative estimate of drug-likeness (QED) is 0.540. The second kappa shape index (κ2) is 9.42. The molecule has 29 heavy (non-hydrogen) atoms. The van der Waals surface area contributed by atoms with Gasteiger partial charge in [0.05, 0.1) is 25.2 Å². The number of hydrogen-bond acceptors (Lipinski definition) is 6. The summed E-state index contributed by atoms with van der Waals surface area (Å²) < 4.78 is 23.4. The van der Waals surface area contributed by atoms with E-state index in [1.165, 1.54) is 38.5 Å². The van der Waals surface area contributed by atoms with Crippen LogP contribution in [0.4, 0.5) is 15.8 Å². The number of halogens is 2. The van der Waals surface area contributed by atoms with E-state index in [0.717, 1.165) is 5.69 Å². The van der Waals surface area contributed by atoms with E-state index in [4.69, 9.17) is 9.47 Å². The van der Waals surface area contributed by atoms with Gasteiger partial charge >= 0.3 is 0 Å². The number of ether oxygens (including phenoxy) is 2. The molecule has 0 radical (unpaired) electrons. The molecule has 156 valence electrons. The number of piperazine rings is 1. The van der Waals surface area contributed by atoms with E-state index < -0.39 is 10.8 Å². The van der Waals surface area contributed by atoms with Crippen LogP contribution in [0.1, 0.15) is 10.4 Å². The van der Waals surface area contributed by atoms with Crippen molar-refractivity contribution in [3.05, 3.63) is 57.9 Å². The lowest BCUT2D eigenvalue weighted by molar-refractivity contribution is -0.385. The zero-order valence-electron chi connectivity index (χ0n) is 16.0. The van der Waals surface area contributed by atoms with Gasteiger partial charge in [-0.05, 0) is 24.3 Å². The van der Waals surface area contributed by atoms with E-state index in [-0.39, 0.29) is 41.0 Å². The van der Waals surface area contributed by atoms with E-state index in [0.29, 0.717) is 26.2 Å². The lowest BCUT2D eigenvalue weighted by Gasteiger charge is -2.36. The first-order valence-electron chi connectivity index (χ1n) is 8.64. The first-order chi connectivity index (χ1) is 13.4. The van der Waals surface area contributed by atoms with Crippen LogP contribution in [0.15, 0.2) is 36.4 Å². The van der Waals surface area contributed by atoms with E-state index in [2.05, 4.69) is 0 Å². The van der Waals surface area contributed by atoms with Crippen molar-refractivity contribution in [2.24, 2.45) is 0 Å². The third kappa shape index (κ3) is 4.68. The molecule has 0 N–H and O–H groups in total. The molecule has 10 heteroatoms. The largest absolute Gasteiger partial charge is 0.493 e. The summed E-state index contributed by atoms with van der Waals surface area (Å²) in [5, 5.41) is 11.4. The van der Waals surface area contributed by atoms with Crippen LogP contribution in [0.25, 0.3) is 0 Å². The highest BCUT2D eigenvalue weighted by Gasteiger charge is 2.30. The minimum absolute atomic E-state index is 0. The van der Waals surface area contributed by atoms with Crippen LogP contribution in [0.2, 0.25) is 0 Å². The average Bonchev–Trinajstić information content (AvgIpc) is 2.72. The fourth-order valence-electron chi connectivity index (χ4n) is 3.18. The SMILES string of the molecule is COc1cc(C(=O)N2CCN(c3ccc(F)cc3)CC2)c([N+](=O)[O-])cc1OC.Cl. The molecule has 0 aromatic heterocycles. The first kappa shape index (κ1) is 22.2. The second-order valence-corrected chi connectivity index (χ2v) is 6.24. The summed E-state index contributed by atoms with van der Waals surface area (Å²) in [5.74, 6) is -0.307. The van der Waals surface area contributed by atoms with Crippen molar-refractivity contribution in [1.82, 2.24) is 4.90 Å². The number of nitro groups is 1. The number of hydrogen-bond donors (Lipinski definition) is 0. The number of carbonyl (C=O) groups is 1. The molecule has 3 rings (SSSR count). The van der Waals surface area contributed by atoms with Crippen LogP contribution in [0.3, 0.4) is 0 Å². The fourth-order valence-corrected chi connectivity index (χ4v) is 3.18. The maximum absolute atomic E-state index is 13.1. The molecule has 2 aromatic rings. The molecule has 0 aliphatic carbocycles. The smallest absolute Gasteiger partial charge is 0.286 e. The number of anilines is 1. The molecular weight excluding hydrogens is 405 g/mol. The summed E-state index contributed by atoms with van der Waals surface area (Å²) in [5.41, 5.74) is 0.493. The molecule has 1 heterocycles. The van der Waals surface area contributed by atoms with E-state index in [1.54, 1.807) is 17.0 Å². The van der Waals surface area contributed by atoms with Crippen molar-refractivity contribution in [3.8, 4) is 11.5 Å². The molecule has 0 spiro atoms. The molecule has 1 amide bonds. The number of methoxy groups -OCH3 is 2. The predicted octanol–water partition coefficient (Wildman–Crippen LogP) is 3.14. The zero-order valence-corrected chi connectivity index (χ0v) is 16.8. The molecule has 8 nitrogen and oxygen atoms in total. The lowest BCUT2D eigenvalue weighted by atomic mass is 10.1. The molecule has 0 saturated carbocycles. The molecule has 2 aromatic carbocycles. The van der Waals surface area contributed by atoms with Crippen molar-refractivity contribution in [2.75, 3.05) is 45.3 Å². The normalized spacial score (nSPS) is 13.5. The van der Waals surface area contributed by atoms with Crippen molar-refractivity contribution < 1.29 is 23.6 Å². The number of benzene rings is 2. The van der Waals surface area contributed by atoms with Gasteiger partial charge < -0.3 is 19.3 Å². The van der Waals surface area contributed by atoms with Crippen LogP contribution in [0.5, 0.6) is 11.5 Å². The summed E-state index contributed by atoms with van der Waals surface area (Å²) in [4.78, 5) is 27.4. The van der Waals surface area contributed by atoms with Gasteiger partial charge in [0.2, 0.25) is 0 Å². The fraction of sp³-hybridized carbons (Fsp3) is 0.316. The van der Waals surface area contributed by atoms with Crippen LogP contribution in [0, 0.1) is 15.9 Å². The molecule has 1 aliphatic rings. The monoisotopic (exact) mass is 425 g/mol. The van der Waals surface area contributed by atoms with Gasteiger partial charge in [-0.15, -0.1) is 12.4 Å². The Labute approximate surface area is 173 Å². The van der Waals surface area contributed by atoms with E-state index in [9.17, 15) is 19.3 Å². The summed E-state index contributed by atoms with van der Waals surface area (Å²) in [6.07, 6.45) is 0. The minimum atomic E-state index is -0.607. The summed E-state index contributed by atoms with van der Waals surface area (Å²) in [6, 6.07) is 8.68. The van der Waals surface area contributed by atoms with Gasteiger partial charge in [-0.2, -0.15) is 0 Å². The Morgan fingerprint density at radius 1 is 1.03 bits per heavy atom. The van der Waals surface area contributed by atoms with Gasteiger partial charge in [-0.1, -0.05) is 0 Å². The Hall–Kier alpha value is -3.07. The summed E-state index contributed by atoms with van der Waals surface area (Å²) in [7, 11) is 2.77. The molecule has 1 aliphatic heterocycles. The highest BCUT2D eigenvalue weighted by Crippen LogP contribution is 2.35. The van der Waals surface area contributed by atoms with Crippen LogP contribution in [-0.2, 0) is 0 Å². The van der Waals surface area contributed by atoms with Crippen molar-refractivity contribution in [1.29, 1.82) is 0 Å². The number of nitro benzene ring substituents is 1. The Morgan fingerprint density at radius 3 is 2.10 bits per heavy atom. The number of rotatable bonds is 5. The van der Waals surface area contributed by atoms with Gasteiger partial charge in [-0.25, -0.2) is 4.39 Å². The van der Waals surface area contributed by atoms with Crippen molar-refractivity contribution in [3.63, 3.8) is 0 Å². The van der Waals surface area contributed by atoms with Gasteiger partial charge in [-0.3, -0.25) is 14.9 Å². The average molecular weight is 426 g/mol. The standard InChI is InChI=1S/C19H20FN3O5.ClH/c1-27-17-11-15(16(23(25)26)12-18(17)28-2)19(24)22-9-7-21(8-10-22)14-5-3-13(20)4-6-14;/h3-6,11-12H,7-10H2,1-2H3;1H.